The summed E-state index contributed by atoms with van der Waals surface area (Å²) in [5.74, 6) is 0.145. The number of carbonyl (C=O) groups is 1. The van der Waals surface area contributed by atoms with Crippen molar-refractivity contribution in [1.29, 1.82) is 0 Å². The van der Waals surface area contributed by atoms with E-state index in [1.54, 1.807) is 11.3 Å². The molecule has 0 bridgehead atoms. The van der Waals surface area contributed by atoms with E-state index in [0.29, 0.717) is 13.1 Å². The number of likely N-dealkylation sites (tertiary alicyclic amines) is 1. The van der Waals surface area contributed by atoms with Crippen LogP contribution in [0.4, 0.5) is 0 Å². The molecule has 0 aliphatic carbocycles. The van der Waals surface area contributed by atoms with Gasteiger partial charge in [0.15, 0.2) is 0 Å². The number of aryl methyl sites for hydroxylation is 2. The number of fused-ring (bicyclic) bond motifs is 1. The molecule has 1 aliphatic rings. The number of imidazole rings is 1. The van der Waals surface area contributed by atoms with E-state index >= 15 is 0 Å². The topological polar surface area (TPSA) is 58.1 Å². The first-order valence-electron chi connectivity index (χ1n) is 10.2. The van der Waals surface area contributed by atoms with Crippen LogP contribution in [0.3, 0.4) is 0 Å². The van der Waals surface area contributed by atoms with Crippen LogP contribution in [0.25, 0.3) is 11.0 Å². The van der Waals surface area contributed by atoms with Crippen molar-refractivity contribution in [3.05, 3.63) is 56.1 Å². The second kappa shape index (κ2) is 7.95. The molecule has 148 valence electrons. The summed E-state index contributed by atoms with van der Waals surface area (Å²) in [6, 6.07) is 10.0. The van der Waals surface area contributed by atoms with Crippen LogP contribution in [0, 0.1) is 0 Å². The van der Waals surface area contributed by atoms with Crippen molar-refractivity contribution in [3.8, 4) is 0 Å². The minimum Gasteiger partial charge on any atom is -0.338 e. The molecule has 4 rings (SSSR count). The molecule has 1 aliphatic heterocycles. The van der Waals surface area contributed by atoms with Crippen LogP contribution in [0.2, 0.25) is 0 Å². The van der Waals surface area contributed by atoms with E-state index in [0.717, 1.165) is 48.0 Å². The summed E-state index contributed by atoms with van der Waals surface area (Å²) in [5, 5.41) is 0. The smallest absolute Gasteiger partial charge is 0.326 e. The molecule has 1 amide bonds. The summed E-state index contributed by atoms with van der Waals surface area (Å²) in [7, 11) is 0. The summed E-state index contributed by atoms with van der Waals surface area (Å²) in [4.78, 5) is 32.6. The fourth-order valence-electron chi connectivity index (χ4n) is 4.23. The molecule has 6 heteroatoms. The molecule has 3 heterocycles. The van der Waals surface area contributed by atoms with E-state index < -0.39 is 0 Å². The Morgan fingerprint density at radius 1 is 1.21 bits per heavy atom. The Bertz CT molecular complexity index is 1040. The fraction of sp³-hybridized carbons (Fsp3) is 0.455. The van der Waals surface area contributed by atoms with E-state index in [4.69, 9.17) is 0 Å². The summed E-state index contributed by atoms with van der Waals surface area (Å²) in [5.41, 5.74) is 3.09. The maximum absolute atomic E-state index is 13.0. The maximum Gasteiger partial charge on any atom is 0.326 e. The number of nitrogens with zero attached hydrogens (tertiary/aromatic N) is 2. The molecular formula is C22H27N3O2S. The monoisotopic (exact) mass is 397 g/mol. The molecule has 1 aromatic carbocycles. The highest BCUT2D eigenvalue weighted by atomic mass is 32.1. The Labute approximate surface area is 169 Å². The minimum absolute atomic E-state index is 0.0546. The molecule has 2 aromatic heterocycles. The first kappa shape index (κ1) is 19.0. The van der Waals surface area contributed by atoms with Crippen LogP contribution in [0.1, 0.15) is 59.3 Å². The molecule has 0 radical (unpaired) electrons. The lowest BCUT2D eigenvalue weighted by Gasteiger charge is -2.32. The SMILES string of the molecule is CCCc1sc(C(=O)N2CCC(n3c(=O)[nH]c4ccccc43)CC2)cc1CC. The number of H-pyrrole nitrogens is 1. The number of benzene rings is 1. The van der Waals surface area contributed by atoms with Gasteiger partial charge in [-0.3, -0.25) is 9.36 Å². The molecular weight excluding hydrogens is 370 g/mol. The zero-order chi connectivity index (χ0) is 19.7. The Kier molecular flexibility index (Phi) is 5.40. The highest BCUT2D eigenvalue weighted by molar-refractivity contribution is 7.14. The van der Waals surface area contributed by atoms with E-state index in [1.807, 2.05) is 33.7 Å². The number of carbonyl (C=O) groups excluding carboxylic acids is 1. The van der Waals surface area contributed by atoms with Crippen molar-refractivity contribution in [1.82, 2.24) is 14.5 Å². The molecule has 5 nitrogen and oxygen atoms in total. The average molecular weight is 398 g/mol. The Hall–Kier alpha value is -2.34. The first-order chi connectivity index (χ1) is 13.6. The number of piperidine rings is 1. The predicted molar refractivity (Wildman–Crippen MR) is 114 cm³/mol. The lowest BCUT2D eigenvalue weighted by molar-refractivity contribution is 0.0700. The highest BCUT2D eigenvalue weighted by Crippen LogP contribution is 2.29. The number of para-hydroxylation sites is 2. The van der Waals surface area contributed by atoms with E-state index in [9.17, 15) is 9.59 Å². The van der Waals surface area contributed by atoms with Crippen LogP contribution in [-0.4, -0.2) is 33.4 Å². The molecule has 0 saturated carbocycles. The van der Waals surface area contributed by atoms with Gasteiger partial charge in [-0.05, 0) is 49.4 Å². The third-order valence-corrected chi connectivity index (χ3v) is 6.93. The second-order valence-electron chi connectivity index (χ2n) is 7.50. The number of aromatic amines is 1. The summed E-state index contributed by atoms with van der Waals surface area (Å²) in [6.45, 7) is 5.72. The molecule has 1 N–H and O–H groups in total. The van der Waals surface area contributed by atoms with Crippen LogP contribution in [-0.2, 0) is 12.8 Å². The van der Waals surface area contributed by atoms with E-state index in [1.165, 1.54) is 10.4 Å². The third-order valence-electron chi connectivity index (χ3n) is 5.71. The van der Waals surface area contributed by atoms with Gasteiger partial charge < -0.3 is 9.88 Å². The lowest BCUT2D eigenvalue weighted by atomic mass is 10.0. The number of hydrogen-bond donors (Lipinski definition) is 1. The van der Waals surface area contributed by atoms with Crippen molar-refractivity contribution in [2.24, 2.45) is 0 Å². The number of thiophene rings is 1. The predicted octanol–water partition coefficient (Wildman–Crippen LogP) is 4.38. The van der Waals surface area contributed by atoms with Crippen LogP contribution >= 0.6 is 11.3 Å². The van der Waals surface area contributed by atoms with Crippen molar-refractivity contribution in [3.63, 3.8) is 0 Å². The van der Waals surface area contributed by atoms with Gasteiger partial charge in [-0.15, -0.1) is 11.3 Å². The van der Waals surface area contributed by atoms with Gasteiger partial charge in [0, 0.05) is 24.0 Å². The number of nitrogens with one attached hydrogen (secondary N) is 1. The maximum atomic E-state index is 13.0. The van der Waals surface area contributed by atoms with Gasteiger partial charge in [-0.1, -0.05) is 32.4 Å². The first-order valence-corrected chi connectivity index (χ1v) is 11.0. The average Bonchev–Trinajstić information content (AvgIpc) is 3.27. The quantitative estimate of drug-likeness (QED) is 0.694. The van der Waals surface area contributed by atoms with Crippen LogP contribution < -0.4 is 5.69 Å². The minimum atomic E-state index is -0.0546. The number of rotatable bonds is 5. The van der Waals surface area contributed by atoms with Gasteiger partial charge in [-0.2, -0.15) is 0 Å². The summed E-state index contributed by atoms with van der Waals surface area (Å²) >= 11 is 1.66. The van der Waals surface area contributed by atoms with Crippen molar-refractivity contribution in [2.75, 3.05) is 13.1 Å². The van der Waals surface area contributed by atoms with Gasteiger partial charge in [0.2, 0.25) is 0 Å². The number of aromatic nitrogens is 2. The number of hydrogen-bond acceptors (Lipinski definition) is 3. The second-order valence-corrected chi connectivity index (χ2v) is 8.64. The molecule has 0 atom stereocenters. The van der Waals surface area contributed by atoms with Gasteiger partial charge in [-0.25, -0.2) is 4.79 Å². The number of amides is 1. The van der Waals surface area contributed by atoms with Crippen molar-refractivity contribution < 1.29 is 4.79 Å². The van der Waals surface area contributed by atoms with Crippen molar-refractivity contribution >= 4 is 28.3 Å². The standard InChI is InChI=1S/C22H27N3O2S/c1-3-7-19-15(4-2)14-20(28-19)21(26)24-12-10-16(11-13-24)25-18-9-6-5-8-17(18)23-22(25)27/h5-6,8-9,14,16H,3-4,7,10-13H2,1-2H3,(H,23,27). The molecule has 0 spiro atoms. The summed E-state index contributed by atoms with van der Waals surface area (Å²) < 4.78 is 1.87. The normalized spacial score (nSPS) is 15.4. The van der Waals surface area contributed by atoms with E-state index in [-0.39, 0.29) is 17.6 Å². The van der Waals surface area contributed by atoms with Gasteiger partial charge in [0.25, 0.3) is 5.91 Å². The molecule has 28 heavy (non-hydrogen) atoms. The van der Waals surface area contributed by atoms with E-state index in [2.05, 4.69) is 24.9 Å². The fourth-order valence-corrected chi connectivity index (χ4v) is 5.55. The van der Waals surface area contributed by atoms with Crippen molar-refractivity contribution in [2.45, 2.75) is 52.0 Å². The Morgan fingerprint density at radius 2 is 1.96 bits per heavy atom. The van der Waals surface area contributed by atoms with Crippen LogP contribution in [0.15, 0.2) is 35.1 Å². The largest absolute Gasteiger partial charge is 0.338 e. The third kappa shape index (κ3) is 3.41. The van der Waals surface area contributed by atoms with Gasteiger partial charge in [0.05, 0.1) is 15.9 Å². The Morgan fingerprint density at radius 3 is 2.68 bits per heavy atom. The van der Waals surface area contributed by atoms with Gasteiger partial charge in [0.1, 0.15) is 0 Å². The summed E-state index contributed by atoms with van der Waals surface area (Å²) in [6.07, 6.45) is 4.74. The molecule has 0 unspecified atom stereocenters. The highest BCUT2D eigenvalue weighted by Gasteiger charge is 2.27. The lowest BCUT2D eigenvalue weighted by Crippen LogP contribution is -2.40. The molecule has 1 fully saturated rings. The molecule has 3 aromatic rings. The molecule has 1 saturated heterocycles. The Balaban J connectivity index is 1.49. The zero-order valence-electron chi connectivity index (χ0n) is 16.5. The van der Waals surface area contributed by atoms with Gasteiger partial charge >= 0.3 is 5.69 Å². The zero-order valence-corrected chi connectivity index (χ0v) is 17.3. The van der Waals surface area contributed by atoms with Crippen LogP contribution in [0.5, 0.6) is 0 Å².